The lowest BCUT2D eigenvalue weighted by atomic mass is 10.1. The molecule has 2 aromatic rings. The van der Waals surface area contributed by atoms with E-state index in [0.29, 0.717) is 0 Å². The van der Waals surface area contributed by atoms with Crippen LogP contribution in [-0.4, -0.2) is 21.0 Å². The predicted molar refractivity (Wildman–Crippen MR) is 79.1 cm³/mol. The first kappa shape index (κ1) is 15.0. The van der Waals surface area contributed by atoms with Crippen molar-refractivity contribution < 1.29 is 14.6 Å². The molecule has 0 saturated carbocycles. The Bertz CT molecular complexity index is 681. The van der Waals surface area contributed by atoms with E-state index in [9.17, 15) is 9.90 Å². The fourth-order valence-corrected chi connectivity index (χ4v) is 1.90. The van der Waals surface area contributed by atoms with E-state index < -0.39 is 5.97 Å². The number of carboxylic acids is 1. The first-order valence-corrected chi connectivity index (χ1v) is 6.74. The number of aromatic nitrogens is 2. The lowest BCUT2D eigenvalue weighted by Gasteiger charge is -2.11. The molecule has 21 heavy (non-hydrogen) atoms. The number of nitrogens with zero attached hydrogens (tertiary/aromatic N) is 2. The Kier molecular flexibility index (Phi) is 4.21. The van der Waals surface area contributed by atoms with Crippen LogP contribution in [0, 0.1) is 13.8 Å². The number of hydrogen-bond donors (Lipinski definition) is 1. The van der Waals surface area contributed by atoms with E-state index in [1.165, 1.54) is 6.07 Å². The van der Waals surface area contributed by atoms with Crippen molar-refractivity contribution in [2.75, 3.05) is 0 Å². The highest BCUT2D eigenvalue weighted by Crippen LogP contribution is 2.26. The summed E-state index contributed by atoms with van der Waals surface area (Å²) in [4.78, 5) is 19.8. The van der Waals surface area contributed by atoms with Gasteiger partial charge in [0.05, 0.1) is 5.69 Å². The zero-order valence-electron chi connectivity index (χ0n) is 12.5. The largest absolute Gasteiger partial charge is 0.478 e. The lowest BCUT2D eigenvalue weighted by Crippen LogP contribution is -2.04. The average Bonchev–Trinajstić information content (AvgIpc) is 2.37. The van der Waals surface area contributed by atoms with Gasteiger partial charge in [-0.1, -0.05) is 19.9 Å². The van der Waals surface area contributed by atoms with Crippen LogP contribution < -0.4 is 4.74 Å². The van der Waals surface area contributed by atoms with Gasteiger partial charge in [-0.15, -0.1) is 0 Å². The molecule has 1 aromatic carbocycles. The van der Waals surface area contributed by atoms with Crippen LogP contribution in [0.5, 0.6) is 11.8 Å². The van der Waals surface area contributed by atoms with Crippen molar-refractivity contribution in [1.82, 2.24) is 9.97 Å². The van der Waals surface area contributed by atoms with Gasteiger partial charge in [0, 0.05) is 5.69 Å². The Labute approximate surface area is 123 Å². The van der Waals surface area contributed by atoms with Gasteiger partial charge in [0.2, 0.25) is 0 Å². The van der Waals surface area contributed by atoms with E-state index in [4.69, 9.17) is 4.74 Å². The number of hydrogen-bond acceptors (Lipinski definition) is 4. The summed E-state index contributed by atoms with van der Waals surface area (Å²) in [5.41, 5.74) is 2.65. The van der Waals surface area contributed by atoms with Crippen molar-refractivity contribution in [1.29, 1.82) is 0 Å². The molecule has 1 N–H and O–H groups in total. The molecular formula is C16H18N2O3. The first-order chi connectivity index (χ1) is 9.86. The summed E-state index contributed by atoms with van der Waals surface area (Å²) in [6.07, 6.45) is 0. The van der Waals surface area contributed by atoms with Gasteiger partial charge in [0.15, 0.2) is 0 Å². The highest BCUT2D eigenvalue weighted by Gasteiger charge is 2.14. The molecule has 0 radical (unpaired) electrons. The molecule has 0 amide bonds. The summed E-state index contributed by atoms with van der Waals surface area (Å²) in [7, 11) is 0. The summed E-state index contributed by atoms with van der Waals surface area (Å²) >= 11 is 0. The zero-order valence-corrected chi connectivity index (χ0v) is 12.5. The van der Waals surface area contributed by atoms with Gasteiger partial charge >= 0.3 is 12.0 Å². The van der Waals surface area contributed by atoms with Crippen LogP contribution in [0.15, 0.2) is 24.3 Å². The number of benzene rings is 1. The third-order valence-electron chi connectivity index (χ3n) is 3.01. The average molecular weight is 286 g/mol. The van der Waals surface area contributed by atoms with Crippen molar-refractivity contribution in [2.45, 2.75) is 33.6 Å². The summed E-state index contributed by atoms with van der Waals surface area (Å²) < 4.78 is 5.62. The Morgan fingerprint density at radius 2 is 1.90 bits per heavy atom. The van der Waals surface area contributed by atoms with E-state index in [2.05, 4.69) is 9.97 Å². The van der Waals surface area contributed by atoms with Crippen LogP contribution in [0.25, 0.3) is 0 Å². The van der Waals surface area contributed by atoms with Crippen molar-refractivity contribution >= 4 is 5.97 Å². The molecule has 0 unspecified atom stereocenters. The standard InChI is InChI=1S/C16H18N2O3/c1-9(2)13-8-11(4)17-16(18-13)21-14-7-10(3)5-6-12(14)15(19)20/h5-9H,1-4H3,(H,19,20). The molecule has 1 heterocycles. The van der Waals surface area contributed by atoms with E-state index in [1.54, 1.807) is 12.1 Å². The number of carboxylic acid groups (broad SMARTS) is 1. The Hall–Kier alpha value is -2.43. The van der Waals surface area contributed by atoms with E-state index in [1.807, 2.05) is 33.8 Å². The van der Waals surface area contributed by atoms with Crippen LogP contribution in [0.2, 0.25) is 0 Å². The number of aromatic carboxylic acids is 1. The maximum atomic E-state index is 11.2. The lowest BCUT2D eigenvalue weighted by molar-refractivity contribution is 0.0694. The molecular weight excluding hydrogens is 268 g/mol. The van der Waals surface area contributed by atoms with E-state index in [-0.39, 0.29) is 23.2 Å². The van der Waals surface area contributed by atoms with Crippen molar-refractivity contribution in [3.05, 3.63) is 46.8 Å². The van der Waals surface area contributed by atoms with Gasteiger partial charge in [-0.3, -0.25) is 0 Å². The Morgan fingerprint density at radius 1 is 1.19 bits per heavy atom. The molecule has 2 rings (SSSR count). The second-order valence-electron chi connectivity index (χ2n) is 5.28. The third kappa shape index (κ3) is 3.56. The minimum atomic E-state index is -1.04. The summed E-state index contributed by atoms with van der Waals surface area (Å²) in [5.74, 6) is -0.546. The maximum Gasteiger partial charge on any atom is 0.339 e. The Balaban J connectivity index is 2.42. The smallest absolute Gasteiger partial charge is 0.339 e. The van der Waals surface area contributed by atoms with E-state index >= 15 is 0 Å². The van der Waals surface area contributed by atoms with Crippen molar-refractivity contribution in [3.8, 4) is 11.8 Å². The summed E-state index contributed by atoms with van der Waals surface area (Å²) in [6.45, 7) is 7.78. The fraction of sp³-hybridized carbons (Fsp3) is 0.312. The molecule has 1 aromatic heterocycles. The number of ether oxygens (including phenoxy) is 1. The topological polar surface area (TPSA) is 72.3 Å². The highest BCUT2D eigenvalue weighted by atomic mass is 16.5. The molecule has 5 nitrogen and oxygen atoms in total. The molecule has 0 aliphatic rings. The molecule has 0 saturated heterocycles. The maximum absolute atomic E-state index is 11.2. The normalized spacial score (nSPS) is 10.7. The van der Waals surface area contributed by atoms with Gasteiger partial charge in [0.1, 0.15) is 11.3 Å². The van der Waals surface area contributed by atoms with Gasteiger partial charge < -0.3 is 9.84 Å². The third-order valence-corrected chi connectivity index (χ3v) is 3.01. The molecule has 0 fully saturated rings. The van der Waals surface area contributed by atoms with Gasteiger partial charge in [-0.25, -0.2) is 9.78 Å². The molecule has 0 atom stereocenters. The summed E-state index contributed by atoms with van der Waals surface area (Å²) in [5, 5.41) is 9.21. The zero-order chi connectivity index (χ0) is 15.6. The minimum Gasteiger partial charge on any atom is -0.478 e. The second kappa shape index (κ2) is 5.91. The van der Waals surface area contributed by atoms with E-state index in [0.717, 1.165) is 17.0 Å². The quantitative estimate of drug-likeness (QED) is 0.927. The number of carbonyl (C=O) groups is 1. The van der Waals surface area contributed by atoms with Crippen LogP contribution in [0.4, 0.5) is 0 Å². The molecule has 0 spiro atoms. The van der Waals surface area contributed by atoms with Gasteiger partial charge in [0.25, 0.3) is 0 Å². The highest BCUT2D eigenvalue weighted by molar-refractivity contribution is 5.91. The van der Waals surface area contributed by atoms with Crippen LogP contribution in [-0.2, 0) is 0 Å². The Morgan fingerprint density at radius 3 is 2.52 bits per heavy atom. The molecule has 5 heteroatoms. The van der Waals surface area contributed by atoms with Crippen molar-refractivity contribution in [2.24, 2.45) is 0 Å². The van der Waals surface area contributed by atoms with Gasteiger partial charge in [-0.2, -0.15) is 4.98 Å². The second-order valence-corrected chi connectivity index (χ2v) is 5.28. The van der Waals surface area contributed by atoms with Crippen molar-refractivity contribution in [3.63, 3.8) is 0 Å². The van der Waals surface area contributed by atoms with Crippen LogP contribution >= 0.6 is 0 Å². The SMILES string of the molecule is Cc1ccc(C(=O)O)c(Oc2nc(C)cc(C(C)C)n2)c1. The monoisotopic (exact) mass is 286 g/mol. The fourth-order valence-electron chi connectivity index (χ4n) is 1.90. The minimum absolute atomic E-state index is 0.0943. The van der Waals surface area contributed by atoms with Crippen LogP contribution in [0.3, 0.4) is 0 Å². The van der Waals surface area contributed by atoms with Crippen LogP contribution in [0.1, 0.15) is 47.1 Å². The number of rotatable bonds is 4. The summed E-state index contributed by atoms with van der Waals surface area (Å²) in [6, 6.07) is 6.99. The molecule has 0 bridgehead atoms. The molecule has 0 aliphatic heterocycles. The first-order valence-electron chi connectivity index (χ1n) is 6.74. The number of aryl methyl sites for hydroxylation is 2. The predicted octanol–water partition coefficient (Wildman–Crippen LogP) is 3.71. The molecule has 110 valence electrons. The van der Waals surface area contributed by atoms with Gasteiger partial charge in [-0.05, 0) is 43.5 Å². The molecule has 0 aliphatic carbocycles.